The van der Waals surface area contributed by atoms with Gasteiger partial charge in [0.15, 0.2) is 6.10 Å². The van der Waals surface area contributed by atoms with E-state index in [-0.39, 0.29) is 25.3 Å². The lowest BCUT2D eigenvalue weighted by atomic mass is 9.99. The number of hydrogen-bond acceptors (Lipinski definition) is 4. The number of hydrogen-bond donors (Lipinski definition) is 3. The second-order valence-electron chi connectivity index (χ2n) is 5.39. The van der Waals surface area contributed by atoms with Crippen molar-refractivity contribution in [1.82, 2.24) is 4.90 Å². The van der Waals surface area contributed by atoms with Gasteiger partial charge in [-0.25, -0.2) is 4.79 Å². The average molecular weight is 306 g/mol. The number of carbonyl (C=O) groups excluding carboxylic acids is 2. The van der Waals surface area contributed by atoms with Crippen LogP contribution in [0.25, 0.3) is 0 Å². The van der Waals surface area contributed by atoms with Crippen LogP contribution in [0.1, 0.15) is 12.0 Å². The van der Waals surface area contributed by atoms with E-state index >= 15 is 0 Å². The number of aliphatic carboxylic acids is 1. The van der Waals surface area contributed by atoms with Crippen molar-refractivity contribution in [3.63, 3.8) is 0 Å². The zero-order valence-electron chi connectivity index (χ0n) is 11.9. The fraction of sp³-hybridized carbons (Fsp3) is 0.400. The van der Waals surface area contributed by atoms with Crippen LogP contribution in [-0.2, 0) is 20.8 Å². The van der Waals surface area contributed by atoms with Crippen LogP contribution in [0.2, 0.25) is 0 Å². The van der Waals surface area contributed by atoms with Crippen molar-refractivity contribution in [2.45, 2.75) is 25.0 Å². The van der Waals surface area contributed by atoms with Gasteiger partial charge in [-0.3, -0.25) is 9.59 Å². The molecular formula is C15H18N2O5. The van der Waals surface area contributed by atoms with Gasteiger partial charge in [-0.05, 0) is 12.0 Å². The van der Waals surface area contributed by atoms with Crippen molar-refractivity contribution < 1.29 is 24.6 Å². The number of aliphatic hydroxyl groups is 1. The summed E-state index contributed by atoms with van der Waals surface area (Å²) < 4.78 is 0. The zero-order valence-corrected chi connectivity index (χ0v) is 11.9. The Hall–Kier alpha value is -2.41. The van der Waals surface area contributed by atoms with E-state index in [0.717, 1.165) is 5.56 Å². The molecule has 1 unspecified atom stereocenters. The van der Waals surface area contributed by atoms with E-state index < -0.39 is 29.9 Å². The molecule has 7 heteroatoms. The molecule has 0 saturated carbocycles. The fourth-order valence-electron chi connectivity index (χ4n) is 2.66. The van der Waals surface area contributed by atoms with E-state index in [9.17, 15) is 19.5 Å². The minimum absolute atomic E-state index is 0.0377. The summed E-state index contributed by atoms with van der Waals surface area (Å²) in [5, 5.41) is 19.0. The van der Waals surface area contributed by atoms with Crippen LogP contribution in [0.5, 0.6) is 0 Å². The van der Waals surface area contributed by atoms with Crippen LogP contribution in [-0.4, -0.2) is 51.6 Å². The number of amides is 2. The Morgan fingerprint density at radius 3 is 2.45 bits per heavy atom. The summed E-state index contributed by atoms with van der Waals surface area (Å²) in [6.45, 7) is 0.0377. The molecule has 2 amide bonds. The predicted octanol–water partition coefficient (Wildman–Crippen LogP) is -0.623. The molecule has 4 N–H and O–H groups in total. The summed E-state index contributed by atoms with van der Waals surface area (Å²) in [6, 6.07) is 8.03. The number of nitrogens with zero attached hydrogens (tertiary/aromatic N) is 1. The first-order valence-corrected chi connectivity index (χ1v) is 6.93. The zero-order chi connectivity index (χ0) is 16.3. The number of nitrogens with two attached hydrogens (primary N) is 1. The minimum Gasteiger partial charge on any atom is -0.479 e. The number of carboxylic acids is 1. The van der Waals surface area contributed by atoms with E-state index in [1.165, 1.54) is 4.90 Å². The summed E-state index contributed by atoms with van der Waals surface area (Å²) in [4.78, 5) is 35.7. The van der Waals surface area contributed by atoms with Crippen molar-refractivity contribution in [2.24, 2.45) is 11.7 Å². The molecule has 1 saturated heterocycles. The van der Waals surface area contributed by atoms with Crippen molar-refractivity contribution in [1.29, 1.82) is 0 Å². The molecule has 1 aliphatic heterocycles. The molecule has 0 aliphatic carbocycles. The molecule has 1 fully saturated rings. The topological polar surface area (TPSA) is 121 Å². The number of primary amides is 1. The van der Waals surface area contributed by atoms with Crippen molar-refractivity contribution >= 4 is 17.8 Å². The van der Waals surface area contributed by atoms with Gasteiger partial charge in [-0.2, -0.15) is 0 Å². The maximum Gasteiger partial charge on any atom is 0.334 e. The smallest absolute Gasteiger partial charge is 0.334 e. The third kappa shape index (κ3) is 3.43. The van der Waals surface area contributed by atoms with Crippen LogP contribution in [0.4, 0.5) is 0 Å². The van der Waals surface area contributed by atoms with Gasteiger partial charge in [0.1, 0.15) is 0 Å². The molecule has 1 aromatic rings. The predicted molar refractivity (Wildman–Crippen MR) is 76.6 cm³/mol. The molecule has 3 atom stereocenters. The maximum absolute atomic E-state index is 12.1. The van der Waals surface area contributed by atoms with Gasteiger partial charge in [0.05, 0.1) is 12.0 Å². The third-order valence-corrected chi connectivity index (χ3v) is 3.87. The lowest BCUT2D eigenvalue weighted by molar-refractivity contribution is -0.152. The van der Waals surface area contributed by atoms with Crippen LogP contribution in [0, 0.1) is 5.92 Å². The van der Waals surface area contributed by atoms with E-state index in [1.54, 1.807) is 24.3 Å². The normalized spacial score (nSPS) is 20.7. The highest BCUT2D eigenvalue weighted by molar-refractivity contribution is 5.89. The van der Waals surface area contributed by atoms with Crippen LogP contribution in [0.15, 0.2) is 30.3 Å². The maximum atomic E-state index is 12.1. The number of likely N-dealkylation sites (tertiary alicyclic amines) is 1. The largest absolute Gasteiger partial charge is 0.479 e. The van der Waals surface area contributed by atoms with Gasteiger partial charge in [0.2, 0.25) is 11.8 Å². The number of carbonyl (C=O) groups is 3. The van der Waals surface area contributed by atoms with Gasteiger partial charge in [0, 0.05) is 13.0 Å². The Kier molecular flexibility index (Phi) is 4.77. The molecule has 0 spiro atoms. The molecule has 118 valence electrons. The second-order valence-corrected chi connectivity index (χ2v) is 5.39. The molecule has 0 bridgehead atoms. The molecule has 0 aromatic heterocycles. The standard InChI is InChI=1S/C15H18N2O5/c16-14(20)10-7-12(18)17(8-10)11(13(19)15(21)22)6-9-4-2-1-3-5-9/h1-5,10-11,13,19H,6-8H2,(H2,16,20)(H,21,22)/t10?,11-,13+/m1/s1. The first-order chi connectivity index (χ1) is 10.4. The molecule has 1 aromatic carbocycles. The highest BCUT2D eigenvalue weighted by Crippen LogP contribution is 2.24. The highest BCUT2D eigenvalue weighted by atomic mass is 16.4. The van der Waals surface area contributed by atoms with Crippen LogP contribution >= 0.6 is 0 Å². The average Bonchev–Trinajstić information content (AvgIpc) is 2.87. The van der Waals surface area contributed by atoms with Crippen molar-refractivity contribution in [2.75, 3.05) is 6.54 Å². The number of benzene rings is 1. The van der Waals surface area contributed by atoms with Gasteiger partial charge in [-0.15, -0.1) is 0 Å². The summed E-state index contributed by atoms with van der Waals surface area (Å²) >= 11 is 0. The number of rotatable bonds is 6. The lowest BCUT2D eigenvalue weighted by Gasteiger charge is -2.30. The summed E-state index contributed by atoms with van der Waals surface area (Å²) in [5.74, 6) is -3.02. The lowest BCUT2D eigenvalue weighted by Crippen LogP contribution is -2.49. The Balaban J connectivity index is 2.23. The Morgan fingerprint density at radius 1 is 1.32 bits per heavy atom. The van der Waals surface area contributed by atoms with E-state index in [4.69, 9.17) is 10.8 Å². The molecule has 2 rings (SSSR count). The Bertz CT molecular complexity index is 575. The molecular weight excluding hydrogens is 288 g/mol. The SMILES string of the molecule is NC(=O)C1CC(=O)N([C@H](Cc2ccccc2)[C@H](O)C(=O)O)C1. The molecule has 22 heavy (non-hydrogen) atoms. The Labute approximate surface area is 127 Å². The van der Waals surface area contributed by atoms with Gasteiger partial charge in [0.25, 0.3) is 0 Å². The quantitative estimate of drug-likeness (QED) is 0.646. The van der Waals surface area contributed by atoms with Crippen LogP contribution in [0.3, 0.4) is 0 Å². The minimum atomic E-state index is -1.73. The number of aliphatic hydroxyl groups excluding tert-OH is 1. The van der Waals surface area contributed by atoms with Crippen LogP contribution < -0.4 is 5.73 Å². The van der Waals surface area contributed by atoms with E-state index in [2.05, 4.69) is 0 Å². The monoisotopic (exact) mass is 306 g/mol. The first-order valence-electron chi connectivity index (χ1n) is 6.93. The Morgan fingerprint density at radius 2 is 1.95 bits per heavy atom. The van der Waals surface area contributed by atoms with Gasteiger partial charge < -0.3 is 20.8 Å². The number of carboxylic acid groups (broad SMARTS) is 1. The summed E-state index contributed by atoms with van der Waals surface area (Å²) in [7, 11) is 0. The van der Waals surface area contributed by atoms with Gasteiger partial charge >= 0.3 is 5.97 Å². The van der Waals surface area contributed by atoms with Crippen molar-refractivity contribution in [3.05, 3.63) is 35.9 Å². The summed E-state index contributed by atoms with van der Waals surface area (Å²) in [5.41, 5.74) is 6.01. The molecule has 7 nitrogen and oxygen atoms in total. The second kappa shape index (κ2) is 6.57. The van der Waals surface area contributed by atoms with Gasteiger partial charge in [-0.1, -0.05) is 30.3 Å². The van der Waals surface area contributed by atoms with Crippen molar-refractivity contribution in [3.8, 4) is 0 Å². The highest BCUT2D eigenvalue weighted by Gasteiger charge is 2.41. The first kappa shape index (κ1) is 16.0. The molecule has 0 radical (unpaired) electrons. The molecule has 1 aliphatic rings. The molecule has 1 heterocycles. The summed E-state index contributed by atoms with van der Waals surface area (Å²) in [6.07, 6.45) is -1.59. The van der Waals surface area contributed by atoms with E-state index in [1.807, 2.05) is 6.07 Å². The van der Waals surface area contributed by atoms with E-state index in [0.29, 0.717) is 0 Å². The fourth-order valence-corrected chi connectivity index (χ4v) is 2.66. The third-order valence-electron chi connectivity index (χ3n) is 3.87.